The van der Waals surface area contributed by atoms with Gasteiger partial charge in [0.25, 0.3) is 5.91 Å². The second kappa shape index (κ2) is 5.14. The number of hydrogen-bond donors (Lipinski definition) is 2. The van der Waals surface area contributed by atoms with E-state index in [0.29, 0.717) is 16.0 Å². The maximum Gasteiger partial charge on any atom is 0.258 e. The van der Waals surface area contributed by atoms with Gasteiger partial charge in [-0.25, -0.2) is 9.37 Å². The highest BCUT2D eigenvalue weighted by atomic mass is 79.9. The van der Waals surface area contributed by atoms with Crippen molar-refractivity contribution in [2.45, 2.75) is 0 Å². The molecule has 0 unspecified atom stereocenters. The first-order valence-corrected chi connectivity index (χ1v) is 5.83. The number of carbonyl (C=O) groups excluding carboxylic acids is 1. The van der Waals surface area contributed by atoms with Crippen molar-refractivity contribution in [3.8, 4) is 0 Å². The Kier molecular flexibility index (Phi) is 3.57. The molecule has 1 aromatic carbocycles. The Labute approximate surface area is 111 Å². The van der Waals surface area contributed by atoms with Gasteiger partial charge in [0.15, 0.2) is 0 Å². The molecule has 0 bridgehead atoms. The Morgan fingerprint density at radius 3 is 2.78 bits per heavy atom. The zero-order valence-corrected chi connectivity index (χ0v) is 10.7. The predicted octanol–water partition coefficient (Wildman–Crippen LogP) is 2.82. The van der Waals surface area contributed by atoms with Gasteiger partial charge in [-0.1, -0.05) is 15.9 Å². The number of nitrogens with one attached hydrogen (secondary N) is 1. The van der Waals surface area contributed by atoms with Crippen molar-refractivity contribution in [2.24, 2.45) is 0 Å². The maximum absolute atomic E-state index is 13.5. The largest absolute Gasteiger partial charge is 0.384 e. The Hall–Kier alpha value is -1.95. The third-order valence-electron chi connectivity index (χ3n) is 2.22. The van der Waals surface area contributed by atoms with Crippen molar-refractivity contribution in [1.82, 2.24) is 4.98 Å². The van der Waals surface area contributed by atoms with Gasteiger partial charge in [0.05, 0.1) is 17.4 Å². The summed E-state index contributed by atoms with van der Waals surface area (Å²) < 4.78 is 14.1. The number of hydrogen-bond acceptors (Lipinski definition) is 3. The van der Waals surface area contributed by atoms with Crippen molar-refractivity contribution in [1.29, 1.82) is 0 Å². The summed E-state index contributed by atoms with van der Waals surface area (Å²) >= 11 is 3.18. The summed E-state index contributed by atoms with van der Waals surface area (Å²) in [5, 5.41) is 2.54. The van der Waals surface area contributed by atoms with E-state index >= 15 is 0 Å². The van der Waals surface area contributed by atoms with Crippen molar-refractivity contribution in [2.75, 3.05) is 11.1 Å². The van der Waals surface area contributed by atoms with E-state index in [-0.39, 0.29) is 5.56 Å². The minimum Gasteiger partial charge on any atom is -0.384 e. The van der Waals surface area contributed by atoms with Crippen molar-refractivity contribution >= 4 is 33.3 Å². The molecule has 0 saturated carbocycles. The number of nitrogens with zero attached hydrogens (tertiary/aromatic N) is 1. The van der Waals surface area contributed by atoms with Gasteiger partial charge in [-0.15, -0.1) is 0 Å². The van der Waals surface area contributed by atoms with Gasteiger partial charge in [0.1, 0.15) is 11.6 Å². The number of halogens is 2. The minimum atomic E-state index is -0.584. The summed E-state index contributed by atoms with van der Waals surface area (Å²) in [6.45, 7) is 0. The van der Waals surface area contributed by atoms with Gasteiger partial charge < -0.3 is 11.1 Å². The maximum atomic E-state index is 13.5. The Balaban J connectivity index is 2.21. The number of nitrogen functional groups attached to an aromatic ring is 1. The molecule has 0 aliphatic heterocycles. The number of anilines is 2. The lowest BCUT2D eigenvalue weighted by Gasteiger charge is -2.06. The molecule has 92 valence electrons. The van der Waals surface area contributed by atoms with Crippen LogP contribution >= 0.6 is 15.9 Å². The van der Waals surface area contributed by atoms with E-state index < -0.39 is 11.7 Å². The van der Waals surface area contributed by atoms with Gasteiger partial charge >= 0.3 is 0 Å². The quantitative estimate of drug-likeness (QED) is 0.896. The number of pyridine rings is 1. The molecule has 0 radical (unpaired) electrons. The van der Waals surface area contributed by atoms with Crippen LogP contribution in [0.2, 0.25) is 0 Å². The normalized spacial score (nSPS) is 10.1. The van der Waals surface area contributed by atoms with E-state index in [1.165, 1.54) is 24.4 Å². The van der Waals surface area contributed by atoms with Crippen molar-refractivity contribution in [3.63, 3.8) is 0 Å². The van der Waals surface area contributed by atoms with Crippen LogP contribution < -0.4 is 11.1 Å². The fourth-order valence-electron chi connectivity index (χ4n) is 1.35. The SMILES string of the molecule is Nc1ccc(NC(=O)c2cc(Br)ccc2F)cn1. The van der Waals surface area contributed by atoms with Crippen LogP contribution in [0.4, 0.5) is 15.9 Å². The highest BCUT2D eigenvalue weighted by Gasteiger charge is 2.12. The van der Waals surface area contributed by atoms with Crippen LogP contribution in [-0.4, -0.2) is 10.9 Å². The molecule has 0 atom stereocenters. The van der Waals surface area contributed by atoms with E-state index in [1.807, 2.05) is 0 Å². The van der Waals surface area contributed by atoms with Crippen LogP contribution in [0.1, 0.15) is 10.4 Å². The molecule has 18 heavy (non-hydrogen) atoms. The van der Waals surface area contributed by atoms with Gasteiger partial charge in [-0.05, 0) is 30.3 Å². The molecule has 0 saturated heterocycles. The molecule has 1 aromatic heterocycles. The van der Waals surface area contributed by atoms with Crippen LogP contribution in [-0.2, 0) is 0 Å². The molecule has 0 fully saturated rings. The molecule has 6 heteroatoms. The molecule has 2 aromatic rings. The van der Waals surface area contributed by atoms with Crippen LogP contribution in [0.15, 0.2) is 41.0 Å². The van der Waals surface area contributed by atoms with E-state index in [4.69, 9.17) is 5.73 Å². The lowest BCUT2D eigenvalue weighted by Crippen LogP contribution is -2.14. The minimum absolute atomic E-state index is 0.0406. The number of aromatic nitrogens is 1. The summed E-state index contributed by atoms with van der Waals surface area (Å²) in [5.74, 6) is -0.777. The first kappa shape index (κ1) is 12.5. The number of amides is 1. The highest BCUT2D eigenvalue weighted by Crippen LogP contribution is 2.17. The highest BCUT2D eigenvalue weighted by molar-refractivity contribution is 9.10. The van der Waals surface area contributed by atoms with E-state index in [0.717, 1.165) is 0 Å². The smallest absolute Gasteiger partial charge is 0.258 e. The summed E-state index contributed by atoms with van der Waals surface area (Å²) in [5.41, 5.74) is 5.83. The van der Waals surface area contributed by atoms with Gasteiger partial charge in [-0.2, -0.15) is 0 Å². The molecule has 4 nitrogen and oxygen atoms in total. The Morgan fingerprint density at radius 1 is 1.33 bits per heavy atom. The molecule has 1 heterocycles. The summed E-state index contributed by atoms with van der Waals surface area (Å²) in [4.78, 5) is 15.7. The second-order valence-electron chi connectivity index (χ2n) is 3.55. The predicted molar refractivity (Wildman–Crippen MR) is 70.7 cm³/mol. The lowest BCUT2D eigenvalue weighted by molar-refractivity contribution is 0.102. The molecule has 2 rings (SSSR count). The fraction of sp³-hybridized carbons (Fsp3) is 0. The third-order valence-corrected chi connectivity index (χ3v) is 2.71. The summed E-state index contributed by atoms with van der Waals surface area (Å²) in [6, 6.07) is 7.30. The fourth-order valence-corrected chi connectivity index (χ4v) is 1.71. The molecule has 1 amide bonds. The molecular weight excluding hydrogens is 301 g/mol. The van der Waals surface area contributed by atoms with E-state index in [1.54, 1.807) is 12.1 Å². The zero-order chi connectivity index (χ0) is 13.1. The number of carbonyl (C=O) groups is 1. The number of nitrogens with two attached hydrogens (primary N) is 1. The van der Waals surface area contributed by atoms with E-state index in [2.05, 4.69) is 26.2 Å². The summed E-state index contributed by atoms with van der Waals surface area (Å²) in [6.07, 6.45) is 1.41. The van der Waals surface area contributed by atoms with E-state index in [9.17, 15) is 9.18 Å². The average Bonchev–Trinajstić information content (AvgIpc) is 2.35. The van der Waals surface area contributed by atoms with Gasteiger partial charge in [-0.3, -0.25) is 4.79 Å². The van der Waals surface area contributed by atoms with Gasteiger partial charge in [0, 0.05) is 4.47 Å². The molecule has 0 aliphatic carbocycles. The van der Waals surface area contributed by atoms with Crippen molar-refractivity contribution < 1.29 is 9.18 Å². The Bertz CT molecular complexity index is 586. The van der Waals surface area contributed by atoms with Crippen molar-refractivity contribution in [3.05, 3.63) is 52.4 Å². The number of rotatable bonds is 2. The standard InChI is InChI=1S/C12H9BrFN3O/c13-7-1-3-10(14)9(5-7)12(18)17-8-2-4-11(15)16-6-8/h1-6H,(H2,15,16)(H,17,18). The van der Waals surface area contributed by atoms with Crippen LogP contribution in [0.3, 0.4) is 0 Å². The molecule has 3 N–H and O–H groups in total. The molecular formula is C12H9BrFN3O. The monoisotopic (exact) mass is 309 g/mol. The van der Waals surface area contributed by atoms with Crippen LogP contribution in [0.5, 0.6) is 0 Å². The third kappa shape index (κ3) is 2.84. The second-order valence-corrected chi connectivity index (χ2v) is 4.47. The summed E-state index contributed by atoms with van der Waals surface area (Å²) in [7, 11) is 0. The number of benzene rings is 1. The lowest BCUT2D eigenvalue weighted by atomic mass is 10.2. The topological polar surface area (TPSA) is 68.0 Å². The zero-order valence-electron chi connectivity index (χ0n) is 9.15. The first-order chi connectivity index (χ1) is 8.56. The Morgan fingerprint density at radius 2 is 2.11 bits per heavy atom. The van der Waals surface area contributed by atoms with Crippen LogP contribution in [0.25, 0.3) is 0 Å². The first-order valence-electron chi connectivity index (χ1n) is 5.04. The van der Waals surface area contributed by atoms with Gasteiger partial charge in [0.2, 0.25) is 0 Å². The van der Waals surface area contributed by atoms with Crippen LogP contribution in [0, 0.1) is 5.82 Å². The molecule has 0 aliphatic rings. The molecule has 0 spiro atoms. The average molecular weight is 310 g/mol.